The third kappa shape index (κ3) is 9.25. The quantitative estimate of drug-likeness (QED) is 0.373. The minimum atomic E-state index is -4.42. The van der Waals surface area contributed by atoms with Crippen LogP contribution in [0, 0.1) is 6.92 Å². The van der Waals surface area contributed by atoms with Crippen molar-refractivity contribution in [2.45, 2.75) is 26.6 Å². The molecule has 0 aliphatic heterocycles. The van der Waals surface area contributed by atoms with Gasteiger partial charge in [0.2, 0.25) is 5.91 Å². The maximum atomic E-state index is 12.2. The van der Waals surface area contributed by atoms with E-state index in [0.717, 1.165) is 16.9 Å². The van der Waals surface area contributed by atoms with Gasteiger partial charge in [0.1, 0.15) is 18.1 Å². The van der Waals surface area contributed by atoms with Crippen LogP contribution in [-0.4, -0.2) is 54.6 Å². The maximum absolute atomic E-state index is 12.2. The van der Waals surface area contributed by atoms with Crippen LogP contribution >= 0.6 is 35.3 Å². The molecule has 1 aromatic heterocycles. The van der Waals surface area contributed by atoms with Gasteiger partial charge in [-0.25, -0.2) is 9.98 Å². The van der Waals surface area contributed by atoms with Gasteiger partial charge < -0.3 is 15.5 Å². The second kappa shape index (κ2) is 10.7. The van der Waals surface area contributed by atoms with Crippen molar-refractivity contribution in [2.75, 3.05) is 26.7 Å². The number of aliphatic imine (C=N–C) groups is 1. The van der Waals surface area contributed by atoms with Crippen molar-refractivity contribution in [1.29, 1.82) is 0 Å². The smallest absolute Gasteiger partial charge is 0.357 e. The van der Waals surface area contributed by atoms with Crippen LogP contribution in [0.3, 0.4) is 0 Å². The average molecular weight is 479 g/mol. The molecule has 0 aliphatic rings. The van der Waals surface area contributed by atoms with Crippen LogP contribution in [0.5, 0.6) is 0 Å². The Morgan fingerprint density at radius 3 is 2.58 bits per heavy atom. The molecule has 0 radical (unpaired) electrons. The van der Waals surface area contributed by atoms with Gasteiger partial charge in [-0.2, -0.15) is 13.2 Å². The van der Waals surface area contributed by atoms with Crippen LogP contribution in [0.1, 0.15) is 16.8 Å². The lowest BCUT2D eigenvalue weighted by Crippen LogP contribution is -2.40. The van der Waals surface area contributed by atoms with Crippen LogP contribution in [0.15, 0.2) is 11.2 Å². The Morgan fingerprint density at radius 1 is 1.42 bits per heavy atom. The van der Waals surface area contributed by atoms with Gasteiger partial charge in [0.25, 0.3) is 0 Å². The Kier molecular flexibility index (Phi) is 10.2. The number of carbonyl (C=O) groups excluding carboxylic acids is 1. The topological polar surface area (TPSA) is 69.6 Å². The van der Waals surface area contributed by atoms with E-state index in [0.29, 0.717) is 23.9 Å². The zero-order valence-corrected chi connectivity index (χ0v) is 16.8. The fraction of sp³-hybridized carbons (Fsp3) is 0.615. The molecule has 0 aromatic carbocycles. The third-order valence-corrected chi connectivity index (χ3v) is 3.55. The summed E-state index contributed by atoms with van der Waals surface area (Å²) in [6, 6.07) is 0. The van der Waals surface area contributed by atoms with Crippen LogP contribution in [0.25, 0.3) is 0 Å². The second-order valence-electron chi connectivity index (χ2n) is 4.78. The van der Waals surface area contributed by atoms with Crippen molar-refractivity contribution in [3.63, 3.8) is 0 Å². The number of halogens is 4. The molecule has 2 N–H and O–H groups in total. The Labute approximate surface area is 159 Å². The van der Waals surface area contributed by atoms with Crippen molar-refractivity contribution in [3.8, 4) is 0 Å². The number of likely N-dealkylation sites (N-methyl/N-ethyl adjacent to an activating group) is 1. The molecule has 0 saturated heterocycles. The summed E-state index contributed by atoms with van der Waals surface area (Å²) in [6.45, 7) is 3.13. The standard InChI is InChI=1S/C13H20F3N5OS.HI/c1-4-17-12(19-6-10-18-5-9(2)23-10)20-7-11(22)21(3)8-13(14,15)16;/h5H,4,6-8H2,1-3H3,(H2,17,19,20);1H. The van der Waals surface area contributed by atoms with Gasteiger partial charge in [0.15, 0.2) is 5.96 Å². The van der Waals surface area contributed by atoms with Crippen molar-refractivity contribution < 1.29 is 18.0 Å². The number of hydrogen-bond acceptors (Lipinski definition) is 4. The molecular formula is C13H21F3IN5OS. The van der Waals surface area contributed by atoms with Crippen molar-refractivity contribution >= 4 is 47.2 Å². The summed E-state index contributed by atoms with van der Waals surface area (Å²) in [6.07, 6.45) is -2.67. The number of thiazole rings is 1. The predicted octanol–water partition coefficient (Wildman–Crippen LogP) is 2.15. The van der Waals surface area contributed by atoms with E-state index in [9.17, 15) is 18.0 Å². The van der Waals surface area contributed by atoms with E-state index in [1.165, 1.54) is 11.3 Å². The van der Waals surface area contributed by atoms with E-state index >= 15 is 0 Å². The summed E-state index contributed by atoms with van der Waals surface area (Å²) in [4.78, 5) is 21.5. The number of rotatable bonds is 6. The number of guanidine groups is 1. The summed E-state index contributed by atoms with van der Waals surface area (Å²) in [5.41, 5.74) is 0. The summed E-state index contributed by atoms with van der Waals surface area (Å²) in [5.74, 6) is -0.348. The monoisotopic (exact) mass is 479 g/mol. The van der Waals surface area contributed by atoms with Gasteiger partial charge in [0.05, 0.1) is 6.54 Å². The molecule has 1 aromatic rings. The molecule has 0 unspecified atom stereocenters. The number of carbonyl (C=O) groups is 1. The molecule has 1 amide bonds. The highest BCUT2D eigenvalue weighted by Gasteiger charge is 2.30. The fourth-order valence-electron chi connectivity index (χ4n) is 1.61. The van der Waals surface area contributed by atoms with E-state index in [1.807, 2.05) is 13.8 Å². The molecule has 24 heavy (non-hydrogen) atoms. The molecule has 138 valence electrons. The lowest BCUT2D eigenvalue weighted by Gasteiger charge is -2.18. The van der Waals surface area contributed by atoms with Crippen LogP contribution < -0.4 is 10.6 Å². The third-order valence-electron chi connectivity index (χ3n) is 2.64. The zero-order valence-electron chi connectivity index (χ0n) is 13.6. The number of nitrogens with zero attached hydrogens (tertiary/aromatic N) is 3. The van der Waals surface area contributed by atoms with Gasteiger partial charge in [-0.1, -0.05) is 0 Å². The van der Waals surface area contributed by atoms with E-state index < -0.39 is 18.6 Å². The Morgan fingerprint density at radius 2 is 2.08 bits per heavy atom. The number of amides is 1. The number of hydrogen-bond donors (Lipinski definition) is 2. The number of aromatic nitrogens is 1. The Balaban J connectivity index is 0.00000529. The van der Waals surface area contributed by atoms with E-state index in [2.05, 4.69) is 20.6 Å². The van der Waals surface area contributed by atoms with Gasteiger partial charge >= 0.3 is 6.18 Å². The highest BCUT2D eigenvalue weighted by molar-refractivity contribution is 14.0. The second-order valence-corrected chi connectivity index (χ2v) is 6.10. The van der Waals surface area contributed by atoms with Crippen molar-refractivity contribution in [3.05, 3.63) is 16.1 Å². The summed E-state index contributed by atoms with van der Waals surface area (Å²) < 4.78 is 36.7. The number of nitrogens with one attached hydrogen (secondary N) is 2. The summed E-state index contributed by atoms with van der Waals surface area (Å²) in [7, 11) is 1.10. The lowest BCUT2D eigenvalue weighted by atomic mass is 10.5. The molecule has 0 bridgehead atoms. The van der Waals surface area contributed by atoms with Crippen molar-refractivity contribution in [2.24, 2.45) is 4.99 Å². The molecule has 11 heteroatoms. The predicted molar refractivity (Wildman–Crippen MR) is 98.8 cm³/mol. The lowest BCUT2D eigenvalue weighted by molar-refractivity contribution is -0.157. The summed E-state index contributed by atoms with van der Waals surface area (Å²) >= 11 is 1.53. The van der Waals surface area contributed by atoms with Gasteiger partial charge in [-0.05, 0) is 13.8 Å². The first-order chi connectivity index (χ1) is 10.7. The molecule has 1 rings (SSSR count). The van der Waals surface area contributed by atoms with Gasteiger partial charge in [-0.3, -0.25) is 4.79 Å². The first-order valence-electron chi connectivity index (χ1n) is 6.95. The first kappa shape index (κ1) is 22.9. The molecule has 0 aliphatic carbocycles. The average Bonchev–Trinajstić information content (AvgIpc) is 2.85. The zero-order chi connectivity index (χ0) is 17.5. The minimum absolute atomic E-state index is 0. The highest BCUT2D eigenvalue weighted by Crippen LogP contribution is 2.15. The SMILES string of the molecule is CCNC(=NCC(=O)N(C)CC(F)(F)F)NCc1ncc(C)s1.I. The van der Waals surface area contributed by atoms with E-state index in [1.54, 1.807) is 6.20 Å². The molecule has 6 nitrogen and oxygen atoms in total. The number of alkyl halides is 3. The molecule has 1 heterocycles. The van der Waals surface area contributed by atoms with E-state index in [4.69, 9.17) is 0 Å². The highest BCUT2D eigenvalue weighted by atomic mass is 127. The summed E-state index contributed by atoms with van der Waals surface area (Å²) in [5, 5.41) is 6.77. The van der Waals surface area contributed by atoms with Gasteiger partial charge in [0, 0.05) is 24.7 Å². The first-order valence-corrected chi connectivity index (χ1v) is 7.77. The maximum Gasteiger partial charge on any atom is 0.406 e. The Bertz CT molecular complexity index is 550. The molecule has 0 saturated carbocycles. The fourth-order valence-corrected chi connectivity index (χ4v) is 2.34. The molecule has 0 spiro atoms. The molecular weight excluding hydrogens is 458 g/mol. The minimum Gasteiger partial charge on any atom is -0.357 e. The number of aryl methyl sites for hydroxylation is 1. The largest absolute Gasteiger partial charge is 0.406 e. The van der Waals surface area contributed by atoms with Gasteiger partial charge in [-0.15, -0.1) is 35.3 Å². The normalized spacial score (nSPS) is 11.7. The van der Waals surface area contributed by atoms with Crippen LogP contribution in [0.4, 0.5) is 13.2 Å². The molecule has 0 atom stereocenters. The van der Waals surface area contributed by atoms with Crippen LogP contribution in [0.2, 0.25) is 0 Å². The molecule has 0 fully saturated rings. The Hall–Kier alpha value is -1.11. The van der Waals surface area contributed by atoms with Crippen LogP contribution in [-0.2, 0) is 11.3 Å². The van der Waals surface area contributed by atoms with Crippen molar-refractivity contribution in [1.82, 2.24) is 20.5 Å². The van der Waals surface area contributed by atoms with E-state index in [-0.39, 0.29) is 30.5 Å².